The summed E-state index contributed by atoms with van der Waals surface area (Å²) in [7, 11) is 0. The summed E-state index contributed by atoms with van der Waals surface area (Å²) >= 11 is 0. The van der Waals surface area contributed by atoms with Crippen molar-refractivity contribution in [1.29, 1.82) is 0 Å². The number of carbonyl (C=O) groups is 3. The Morgan fingerprint density at radius 2 is 1.76 bits per heavy atom. The van der Waals surface area contributed by atoms with Gasteiger partial charge < -0.3 is 20.4 Å². The van der Waals surface area contributed by atoms with Crippen LogP contribution in [0.4, 0.5) is 0 Å². The molecule has 4 aliphatic rings. The van der Waals surface area contributed by atoms with E-state index in [2.05, 4.69) is 6.92 Å². The molecule has 37 heavy (non-hydrogen) atoms. The first-order valence-corrected chi connectivity index (χ1v) is 13.7. The molecule has 4 rings (SSSR count). The number of Topliss-reactive ketones (excluding diaryl/α,β-unsaturated/α-hetero) is 2. The van der Waals surface area contributed by atoms with Crippen molar-refractivity contribution in [1.82, 2.24) is 0 Å². The van der Waals surface area contributed by atoms with Crippen molar-refractivity contribution in [3.63, 3.8) is 0 Å². The fraction of sp³-hybridized carbons (Fsp3) is 0.767. The van der Waals surface area contributed by atoms with Crippen LogP contribution in [0.1, 0.15) is 87.0 Å². The van der Waals surface area contributed by atoms with Crippen LogP contribution < -0.4 is 0 Å². The number of ketones is 2. The zero-order valence-electron chi connectivity index (χ0n) is 23.3. The number of carboxylic acid groups (broad SMARTS) is 1. The highest BCUT2D eigenvalue weighted by molar-refractivity contribution is 6.05. The number of aliphatic carboxylic acids is 1. The van der Waals surface area contributed by atoms with Gasteiger partial charge in [-0.05, 0) is 85.2 Å². The zero-order valence-corrected chi connectivity index (χ0v) is 23.3. The molecule has 0 aromatic carbocycles. The second kappa shape index (κ2) is 8.85. The third-order valence-electron chi connectivity index (χ3n) is 11.4. The number of hydrogen-bond acceptors (Lipinski definition) is 6. The second-order valence-electron chi connectivity index (χ2n) is 13.7. The molecule has 7 nitrogen and oxygen atoms in total. The number of hydrogen-bond donors (Lipinski definition) is 4. The lowest BCUT2D eigenvalue weighted by atomic mass is 9.42. The molecule has 0 unspecified atom stereocenters. The summed E-state index contributed by atoms with van der Waals surface area (Å²) in [5, 5.41) is 42.1. The molecule has 0 bridgehead atoms. The van der Waals surface area contributed by atoms with Crippen LogP contribution in [0.2, 0.25) is 0 Å². The second-order valence-corrected chi connectivity index (χ2v) is 13.7. The quantitative estimate of drug-likeness (QED) is 0.408. The molecule has 206 valence electrons. The number of aliphatic hydroxyl groups is 3. The van der Waals surface area contributed by atoms with E-state index in [4.69, 9.17) is 5.11 Å². The van der Waals surface area contributed by atoms with Gasteiger partial charge in [-0.15, -0.1) is 0 Å². The van der Waals surface area contributed by atoms with Gasteiger partial charge in [0.2, 0.25) is 0 Å². The maximum atomic E-state index is 14.1. The summed E-state index contributed by atoms with van der Waals surface area (Å²) < 4.78 is 0. The van der Waals surface area contributed by atoms with E-state index in [1.54, 1.807) is 0 Å². The lowest BCUT2D eigenvalue weighted by Gasteiger charge is -2.61. The molecule has 9 atom stereocenters. The predicted molar refractivity (Wildman–Crippen MR) is 138 cm³/mol. The number of carboxylic acids is 1. The van der Waals surface area contributed by atoms with E-state index in [9.17, 15) is 29.7 Å². The van der Waals surface area contributed by atoms with Crippen LogP contribution in [0.3, 0.4) is 0 Å². The van der Waals surface area contributed by atoms with Gasteiger partial charge in [0, 0.05) is 24.0 Å². The summed E-state index contributed by atoms with van der Waals surface area (Å²) in [6.07, 6.45) is 1.26. The number of rotatable bonds is 5. The van der Waals surface area contributed by atoms with Gasteiger partial charge in [-0.1, -0.05) is 34.6 Å². The number of allylic oxidation sites excluding steroid dienone is 1. The molecule has 0 saturated heterocycles. The Bertz CT molecular complexity index is 1090. The van der Waals surface area contributed by atoms with Crippen molar-refractivity contribution in [2.24, 2.45) is 39.4 Å². The van der Waals surface area contributed by atoms with Crippen LogP contribution in [0.15, 0.2) is 22.8 Å². The van der Waals surface area contributed by atoms with E-state index < -0.39 is 45.9 Å². The van der Waals surface area contributed by atoms with Gasteiger partial charge in [-0.3, -0.25) is 9.59 Å². The van der Waals surface area contributed by atoms with Gasteiger partial charge in [0.15, 0.2) is 5.78 Å². The fourth-order valence-corrected chi connectivity index (χ4v) is 9.07. The third kappa shape index (κ3) is 3.82. The standard InChI is InChI=1S/C30H44O7/c1-15(10-17(31)11-16(2)26(36)37)18-12-23(35)30(7)25-19(32)13-21-27(3,4)22(34)8-9-28(21,5)24(25)20(33)14-29(18,30)6/h11,15,17-19,21-22,31-32,34H,8-10,12-14H2,1-7H3,(H,36,37)/b16-11+/t15-,17-,18-,19+,21+,22+,28+,29-,30+/m1/s1. The molecule has 2 saturated carbocycles. The maximum absolute atomic E-state index is 14.1. The van der Waals surface area contributed by atoms with Crippen molar-refractivity contribution in [3.05, 3.63) is 22.8 Å². The molecule has 0 radical (unpaired) electrons. The SMILES string of the molecule is C/C(=C\[C@H](O)C[C@@H](C)[C@H]1CC(=O)[C@@]2(C)C3=C(C(=O)C[C@]12C)[C@@]1(C)CC[C@H](O)C(C)(C)[C@@H]1C[C@@H]3O)C(=O)O. The molecule has 4 aliphatic carbocycles. The van der Waals surface area contributed by atoms with Gasteiger partial charge in [-0.25, -0.2) is 4.79 Å². The molecule has 4 N–H and O–H groups in total. The summed E-state index contributed by atoms with van der Waals surface area (Å²) in [5.74, 6) is -1.50. The minimum absolute atomic E-state index is 0.0116. The summed E-state index contributed by atoms with van der Waals surface area (Å²) in [6, 6.07) is 0. The first-order chi connectivity index (χ1) is 16.9. The normalized spacial score (nSPS) is 43.1. The molecule has 0 heterocycles. The predicted octanol–water partition coefficient (Wildman–Crippen LogP) is 3.84. The van der Waals surface area contributed by atoms with Crippen LogP contribution in [0.5, 0.6) is 0 Å². The van der Waals surface area contributed by atoms with Crippen molar-refractivity contribution in [3.8, 4) is 0 Å². The van der Waals surface area contributed by atoms with E-state index >= 15 is 0 Å². The molecule has 0 spiro atoms. The first-order valence-electron chi connectivity index (χ1n) is 13.7. The average Bonchev–Trinajstić information content (AvgIpc) is 2.99. The Labute approximate surface area is 220 Å². The zero-order chi connectivity index (χ0) is 27.9. The minimum Gasteiger partial charge on any atom is -0.478 e. The molecule has 0 aliphatic heterocycles. The number of fused-ring (bicyclic) bond motifs is 4. The van der Waals surface area contributed by atoms with Gasteiger partial charge in [0.1, 0.15) is 5.78 Å². The van der Waals surface area contributed by atoms with E-state index in [1.165, 1.54) is 13.0 Å². The van der Waals surface area contributed by atoms with Crippen molar-refractivity contribution < 1.29 is 34.8 Å². The van der Waals surface area contributed by atoms with Crippen molar-refractivity contribution in [2.45, 2.75) is 105 Å². The Morgan fingerprint density at radius 1 is 1.14 bits per heavy atom. The highest BCUT2D eigenvalue weighted by atomic mass is 16.4. The number of carbonyl (C=O) groups excluding carboxylic acids is 2. The van der Waals surface area contributed by atoms with Gasteiger partial charge in [-0.2, -0.15) is 0 Å². The average molecular weight is 517 g/mol. The van der Waals surface area contributed by atoms with Crippen LogP contribution in [-0.2, 0) is 14.4 Å². The largest absolute Gasteiger partial charge is 0.478 e. The summed E-state index contributed by atoms with van der Waals surface area (Å²) in [5.41, 5.74) is -1.42. The third-order valence-corrected chi connectivity index (χ3v) is 11.4. The van der Waals surface area contributed by atoms with Gasteiger partial charge in [0.05, 0.1) is 23.7 Å². The van der Waals surface area contributed by atoms with E-state index in [-0.39, 0.29) is 54.2 Å². The monoisotopic (exact) mass is 516 g/mol. The van der Waals surface area contributed by atoms with Crippen LogP contribution in [0, 0.1) is 39.4 Å². The molecule has 0 amide bonds. The molecular weight excluding hydrogens is 472 g/mol. The molecule has 0 aromatic rings. The Morgan fingerprint density at radius 3 is 2.35 bits per heavy atom. The Kier molecular flexibility index (Phi) is 6.74. The summed E-state index contributed by atoms with van der Waals surface area (Å²) in [4.78, 5) is 39.2. The van der Waals surface area contributed by atoms with Crippen LogP contribution in [0.25, 0.3) is 0 Å². The number of aliphatic hydroxyl groups excluding tert-OH is 3. The minimum atomic E-state index is -1.09. The first kappa shape index (κ1) is 28.2. The molecule has 2 fully saturated rings. The van der Waals surface area contributed by atoms with E-state index in [0.29, 0.717) is 30.4 Å². The van der Waals surface area contributed by atoms with E-state index in [0.717, 1.165) is 0 Å². The molecular formula is C30H44O7. The van der Waals surface area contributed by atoms with Crippen LogP contribution in [-0.4, -0.2) is 56.3 Å². The highest BCUT2D eigenvalue weighted by Crippen LogP contribution is 2.70. The Hall–Kier alpha value is -1.83. The topological polar surface area (TPSA) is 132 Å². The highest BCUT2D eigenvalue weighted by Gasteiger charge is 2.70. The van der Waals surface area contributed by atoms with Gasteiger partial charge >= 0.3 is 5.97 Å². The lowest BCUT2D eigenvalue weighted by Crippen LogP contribution is -2.60. The molecule has 7 heteroatoms. The smallest absolute Gasteiger partial charge is 0.331 e. The fourth-order valence-electron chi connectivity index (χ4n) is 9.07. The summed E-state index contributed by atoms with van der Waals surface area (Å²) in [6.45, 7) is 13.4. The molecule has 0 aromatic heterocycles. The Balaban J connectivity index is 1.77. The van der Waals surface area contributed by atoms with Crippen molar-refractivity contribution in [2.75, 3.05) is 0 Å². The van der Waals surface area contributed by atoms with E-state index in [1.807, 2.05) is 34.6 Å². The van der Waals surface area contributed by atoms with Gasteiger partial charge in [0.25, 0.3) is 0 Å². The van der Waals surface area contributed by atoms with Crippen LogP contribution >= 0.6 is 0 Å². The van der Waals surface area contributed by atoms with Crippen molar-refractivity contribution >= 4 is 17.5 Å². The maximum Gasteiger partial charge on any atom is 0.331 e. The lowest BCUT2D eigenvalue weighted by molar-refractivity contribution is -0.142.